The maximum Gasteiger partial charge on any atom is 0.141 e. The minimum Gasteiger partial charge on any atom is -0.317 e. The lowest BCUT2D eigenvalue weighted by molar-refractivity contribution is 0.639. The highest BCUT2D eigenvalue weighted by Crippen LogP contribution is 2.48. The Labute approximate surface area is 217 Å². The molecule has 0 aliphatic carbocycles. The average molecular weight is 482 g/mol. The summed E-state index contributed by atoms with van der Waals surface area (Å²) in [5.41, 5.74) is 11.2. The van der Waals surface area contributed by atoms with E-state index in [1.807, 2.05) is 42.6 Å². The first-order chi connectivity index (χ1) is 18.3. The third kappa shape index (κ3) is 4.47. The number of aryl methyl sites for hydroxylation is 1. The van der Waals surface area contributed by atoms with Crippen molar-refractivity contribution >= 4 is 35.3 Å². The van der Waals surface area contributed by atoms with Crippen molar-refractivity contribution in [1.29, 1.82) is 0 Å². The van der Waals surface area contributed by atoms with Crippen LogP contribution < -0.4 is 10.3 Å². The third-order valence-electron chi connectivity index (χ3n) is 6.72. The van der Waals surface area contributed by atoms with E-state index in [0.717, 1.165) is 33.9 Å². The Bertz CT molecular complexity index is 1490. The molecule has 2 aliphatic rings. The quantitative estimate of drug-likeness (QED) is 0.265. The Morgan fingerprint density at radius 3 is 2.05 bits per heavy atom. The van der Waals surface area contributed by atoms with E-state index in [4.69, 9.17) is 4.99 Å². The van der Waals surface area contributed by atoms with E-state index >= 15 is 0 Å². The van der Waals surface area contributed by atoms with Crippen molar-refractivity contribution in [2.75, 3.05) is 4.90 Å². The van der Waals surface area contributed by atoms with Crippen molar-refractivity contribution in [1.82, 2.24) is 5.43 Å². The number of nitrogens with one attached hydrogen (secondary N) is 1. The number of anilines is 1. The zero-order valence-corrected chi connectivity index (χ0v) is 20.6. The van der Waals surface area contributed by atoms with Gasteiger partial charge >= 0.3 is 0 Å². The van der Waals surface area contributed by atoms with Gasteiger partial charge in [0.1, 0.15) is 18.3 Å². The molecule has 0 saturated carbocycles. The van der Waals surface area contributed by atoms with Crippen LogP contribution in [-0.4, -0.2) is 24.6 Å². The summed E-state index contributed by atoms with van der Waals surface area (Å²) in [5, 5.41) is 4.55. The van der Waals surface area contributed by atoms with Crippen LogP contribution in [0.5, 0.6) is 0 Å². The lowest BCUT2D eigenvalue weighted by Gasteiger charge is -2.31. The highest BCUT2D eigenvalue weighted by Gasteiger charge is 2.46. The number of hydrogen-bond donors (Lipinski definition) is 1. The predicted molar refractivity (Wildman–Crippen MR) is 154 cm³/mol. The molecule has 2 unspecified atom stereocenters. The minimum absolute atomic E-state index is 0.128. The number of aliphatic imine (C=N–C) groups is 2. The first-order valence-electron chi connectivity index (χ1n) is 12.4. The van der Waals surface area contributed by atoms with Crippen molar-refractivity contribution in [3.05, 3.63) is 138 Å². The van der Waals surface area contributed by atoms with E-state index in [2.05, 4.69) is 106 Å². The Hall–Kier alpha value is -4.77. The summed E-state index contributed by atoms with van der Waals surface area (Å²) in [7, 11) is 0. The van der Waals surface area contributed by atoms with E-state index in [1.165, 1.54) is 11.1 Å². The normalized spacial score (nSPS) is 18.7. The molecule has 1 N–H and O–H groups in total. The standard InChI is InChI=1S/C32H27N5/c1-23-17-19-27(20-18-23)37-30(26-15-9-4-10-16-26)28(25-13-7-3-8-14-25)29-31(33-22-34-32(29)37)36-35-21-24-11-5-2-6-12-24/h2-22,29,32H,1H3,(H,33,34,36)/b35-21+. The summed E-state index contributed by atoms with van der Waals surface area (Å²) in [6.07, 6.45) is 3.28. The maximum atomic E-state index is 4.92. The average Bonchev–Trinajstić information content (AvgIpc) is 3.31. The highest BCUT2D eigenvalue weighted by molar-refractivity contribution is 6.13. The number of benzene rings is 4. The van der Waals surface area contributed by atoms with Crippen LogP contribution in [0.3, 0.4) is 0 Å². The van der Waals surface area contributed by atoms with Gasteiger partial charge in [0, 0.05) is 5.69 Å². The Morgan fingerprint density at radius 1 is 0.757 bits per heavy atom. The molecule has 6 rings (SSSR count). The van der Waals surface area contributed by atoms with Gasteiger partial charge < -0.3 is 4.90 Å². The number of fused-ring (bicyclic) bond motifs is 1. The van der Waals surface area contributed by atoms with Gasteiger partial charge in [-0.15, -0.1) is 0 Å². The van der Waals surface area contributed by atoms with Crippen LogP contribution in [0, 0.1) is 12.8 Å². The first-order valence-corrected chi connectivity index (χ1v) is 12.4. The van der Waals surface area contributed by atoms with Crippen molar-refractivity contribution < 1.29 is 0 Å². The van der Waals surface area contributed by atoms with Gasteiger partial charge in [-0.2, -0.15) is 5.10 Å². The van der Waals surface area contributed by atoms with Crippen molar-refractivity contribution in [2.45, 2.75) is 13.1 Å². The number of amidine groups is 1. The van der Waals surface area contributed by atoms with Crippen LogP contribution in [0.2, 0.25) is 0 Å². The number of hydrazone groups is 1. The molecule has 0 fully saturated rings. The minimum atomic E-state index is -0.194. The van der Waals surface area contributed by atoms with Crippen molar-refractivity contribution in [3.63, 3.8) is 0 Å². The van der Waals surface area contributed by atoms with Gasteiger partial charge in [-0.3, -0.25) is 5.43 Å². The summed E-state index contributed by atoms with van der Waals surface area (Å²) in [5.74, 6) is 0.644. The van der Waals surface area contributed by atoms with Crippen LogP contribution in [0.1, 0.15) is 22.3 Å². The smallest absolute Gasteiger partial charge is 0.141 e. The number of hydrogen-bond acceptors (Lipinski definition) is 5. The molecule has 0 spiro atoms. The fourth-order valence-corrected chi connectivity index (χ4v) is 5.00. The third-order valence-corrected chi connectivity index (χ3v) is 6.72. The summed E-state index contributed by atoms with van der Waals surface area (Å²) in [4.78, 5) is 12.0. The molecular formula is C32H27N5. The van der Waals surface area contributed by atoms with E-state index in [0.29, 0.717) is 0 Å². The second-order valence-corrected chi connectivity index (χ2v) is 9.15. The molecule has 0 bridgehead atoms. The van der Waals surface area contributed by atoms with E-state index in [9.17, 15) is 0 Å². The molecule has 180 valence electrons. The lowest BCUT2D eigenvalue weighted by Crippen LogP contribution is -2.41. The second-order valence-electron chi connectivity index (χ2n) is 9.15. The monoisotopic (exact) mass is 481 g/mol. The van der Waals surface area contributed by atoms with E-state index < -0.39 is 0 Å². The molecule has 0 amide bonds. The molecule has 5 heteroatoms. The second kappa shape index (κ2) is 10.1. The summed E-state index contributed by atoms with van der Waals surface area (Å²) in [6.45, 7) is 2.11. The molecule has 2 aliphatic heterocycles. The van der Waals surface area contributed by atoms with Gasteiger partial charge in [0.05, 0.1) is 17.8 Å². The first kappa shape index (κ1) is 22.7. The van der Waals surface area contributed by atoms with Gasteiger partial charge in [-0.25, -0.2) is 9.98 Å². The largest absolute Gasteiger partial charge is 0.317 e. The van der Waals surface area contributed by atoms with E-state index in [-0.39, 0.29) is 12.1 Å². The molecule has 0 saturated heterocycles. The van der Waals surface area contributed by atoms with Gasteiger partial charge in [-0.05, 0) is 41.3 Å². The van der Waals surface area contributed by atoms with Gasteiger partial charge in [0.25, 0.3) is 0 Å². The summed E-state index contributed by atoms with van der Waals surface area (Å²) >= 11 is 0. The topological polar surface area (TPSA) is 52.3 Å². The molecule has 4 aromatic carbocycles. The van der Waals surface area contributed by atoms with E-state index in [1.54, 1.807) is 6.34 Å². The summed E-state index contributed by atoms with van der Waals surface area (Å²) < 4.78 is 0. The van der Waals surface area contributed by atoms with Crippen LogP contribution >= 0.6 is 0 Å². The Balaban J connectivity index is 1.50. The van der Waals surface area contributed by atoms with Gasteiger partial charge in [-0.1, -0.05) is 109 Å². The van der Waals surface area contributed by atoms with Crippen LogP contribution in [0.25, 0.3) is 11.3 Å². The Kier molecular flexibility index (Phi) is 6.17. The van der Waals surface area contributed by atoms with Gasteiger partial charge in [0.2, 0.25) is 0 Å². The highest BCUT2D eigenvalue weighted by atomic mass is 15.4. The molecule has 0 aromatic heterocycles. The predicted octanol–water partition coefficient (Wildman–Crippen LogP) is 6.39. The zero-order chi connectivity index (χ0) is 25.0. The van der Waals surface area contributed by atoms with Crippen molar-refractivity contribution in [3.8, 4) is 0 Å². The molecule has 2 heterocycles. The number of nitrogens with zero attached hydrogens (tertiary/aromatic N) is 4. The molecule has 2 atom stereocenters. The SMILES string of the molecule is Cc1ccc(N2C(c3ccccc3)=C(c3ccccc3)C3C(N/N=C/c4ccccc4)=NC=NC32)cc1. The lowest BCUT2D eigenvalue weighted by atomic mass is 9.89. The molecule has 4 aromatic rings. The fraction of sp³-hybridized carbons (Fsp3) is 0.0938. The van der Waals surface area contributed by atoms with Crippen LogP contribution in [0.4, 0.5) is 5.69 Å². The maximum absolute atomic E-state index is 4.92. The molecule has 5 nitrogen and oxygen atoms in total. The summed E-state index contributed by atoms with van der Waals surface area (Å²) in [6, 6.07) is 39.8. The zero-order valence-electron chi connectivity index (χ0n) is 20.6. The molecular weight excluding hydrogens is 454 g/mol. The fourth-order valence-electron chi connectivity index (χ4n) is 5.00. The van der Waals surface area contributed by atoms with Crippen LogP contribution in [0.15, 0.2) is 130 Å². The molecule has 0 radical (unpaired) electrons. The van der Waals surface area contributed by atoms with Gasteiger partial charge in [0.15, 0.2) is 0 Å². The number of rotatable bonds is 5. The van der Waals surface area contributed by atoms with Crippen molar-refractivity contribution in [2.24, 2.45) is 21.0 Å². The Morgan fingerprint density at radius 2 is 1.38 bits per heavy atom. The van der Waals surface area contributed by atoms with Crippen LogP contribution in [-0.2, 0) is 0 Å². The molecule has 37 heavy (non-hydrogen) atoms.